The van der Waals surface area contributed by atoms with E-state index < -0.39 is 5.25 Å². The predicted octanol–water partition coefficient (Wildman–Crippen LogP) is 2.23. The predicted molar refractivity (Wildman–Crippen MR) is 82.2 cm³/mol. The first-order chi connectivity index (χ1) is 9.51. The minimum Gasteiger partial charge on any atom is -0.326 e. The van der Waals surface area contributed by atoms with Gasteiger partial charge in [0.2, 0.25) is 11.8 Å². The monoisotopic (exact) mass is 311 g/mol. The van der Waals surface area contributed by atoms with Crippen LogP contribution in [0.5, 0.6) is 0 Å². The number of hydrogen-bond acceptors (Lipinski definition) is 4. The Bertz CT molecular complexity index is 559. The molecule has 106 valence electrons. The van der Waals surface area contributed by atoms with Crippen molar-refractivity contribution in [1.29, 1.82) is 0 Å². The highest BCUT2D eigenvalue weighted by Gasteiger charge is 2.36. The Morgan fingerprint density at radius 3 is 2.65 bits per heavy atom. The maximum atomic E-state index is 11.9. The normalized spacial score (nSPS) is 20.6. The van der Waals surface area contributed by atoms with E-state index in [2.05, 4.69) is 10.3 Å². The molecule has 0 radical (unpaired) electrons. The summed E-state index contributed by atoms with van der Waals surface area (Å²) in [7, 11) is 3.29. The number of rotatable bonds is 3. The van der Waals surface area contributed by atoms with Gasteiger partial charge in [-0.05, 0) is 24.3 Å². The molecular weight excluding hydrogens is 298 g/mol. The molecule has 1 saturated heterocycles. The number of nitrogens with one attached hydrogen (secondary N) is 1. The Balaban J connectivity index is 1.95. The standard InChI is InChI=1S/C13H14ClN3O2S/c1-15-13-17(2)12(19)10(20-13)7-11(18)16-9-5-3-8(14)4-6-9/h3-6,10H,7H2,1-2H3,(H,16,18). The minimum atomic E-state index is -0.411. The molecule has 20 heavy (non-hydrogen) atoms. The number of amidine groups is 1. The summed E-state index contributed by atoms with van der Waals surface area (Å²) in [5.74, 6) is -0.300. The lowest BCUT2D eigenvalue weighted by Crippen LogP contribution is -2.30. The summed E-state index contributed by atoms with van der Waals surface area (Å²) >= 11 is 7.09. The van der Waals surface area contributed by atoms with Gasteiger partial charge in [-0.25, -0.2) is 0 Å². The molecule has 1 atom stereocenters. The maximum Gasteiger partial charge on any atom is 0.242 e. The third kappa shape index (κ3) is 3.32. The van der Waals surface area contributed by atoms with Crippen molar-refractivity contribution in [1.82, 2.24) is 4.90 Å². The number of carbonyl (C=O) groups excluding carboxylic acids is 2. The molecule has 0 aliphatic carbocycles. The summed E-state index contributed by atoms with van der Waals surface area (Å²) in [5, 5.41) is 3.58. The van der Waals surface area contributed by atoms with Gasteiger partial charge in [0.15, 0.2) is 5.17 Å². The highest BCUT2D eigenvalue weighted by Crippen LogP contribution is 2.28. The van der Waals surface area contributed by atoms with E-state index in [4.69, 9.17) is 11.6 Å². The summed E-state index contributed by atoms with van der Waals surface area (Å²) in [6.07, 6.45) is 0.121. The molecule has 2 rings (SSSR count). The first kappa shape index (κ1) is 14.9. The summed E-state index contributed by atoms with van der Waals surface area (Å²) < 4.78 is 0. The highest BCUT2D eigenvalue weighted by atomic mass is 35.5. The van der Waals surface area contributed by atoms with Crippen molar-refractivity contribution in [2.45, 2.75) is 11.7 Å². The van der Waals surface area contributed by atoms with Gasteiger partial charge in [-0.2, -0.15) is 0 Å². The number of anilines is 1. The van der Waals surface area contributed by atoms with Gasteiger partial charge in [0.05, 0.1) is 0 Å². The molecule has 1 aromatic rings. The number of aliphatic imine (C=N–C) groups is 1. The number of amides is 2. The molecule has 7 heteroatoms. The van der Waals surface area contributed by atoms with Gasteiger partial charge in [0.25, 0.3) is 0 Å². The van der Waals surface area contributed by atoms with Crippen LogP contribution >= 0.6 is 23.4 Å². The van der Waals surface area contributed by atoms with Crippen LogP contribution in [0, 0.1) is 0 Å². The summed E-state index contributed by atoms with van der Waals surface area (Å²) in [5.41, 5.74) is 0.660. The van der Waals surface area contributed by atoms with Crippen LogP contribution in [-0.2, 0) is 9.59 Å². The Morgan fingerprint density at radius 2 is 2.10 bits per heavy atom. The van der Waals surface area contributed by atoms with Gasteiger partial charge < -0.3 is 5.32 Å². The molecule has 0 aromatic heterocycles. The Morgan fingerprint density at radius 1 is 1.45 bits per heavy atom. The molecule has 0 bridgehead atoms. The number of thioether (sulfide) groups is 1. The zero-order chi connectivity index (χ0) is 14.7. The number of carbonyl (C=O) groups is 2. The van der Waals surface area contributed by atoms with Gasteiger partial charge in [-0.3, -0.25) is 19.5 Å². The zero-order valence-corrected chi connectivity index (χ0v) is 12.7. The third-order valence-corrected chi connectivity index (χ3v) is 4.40. The van der Waals surface area contributed by atoms with Crippen LogP contribution in [-0.4, -0.2) is 41.2 Å². The fourth-order valence-electron chi connectivity index (χ4n) is 1.81. The lowest BCUT2D eigenvalue weighted by molar-refractivity contribution is -0.127. The molecule has 0 spiro atoms. The Labute approximate surface area is 126 Å². The molecule has 1 heterocycles. The van der Waals surface area contributed by atoms with Gasteiger partial charge in [0.1, 0.15) is 5.25 Å². The molecule has 1 aliphatic rings. The van der Waals surface area contributed by atoms with E-state index in [1.54, 1.807) is 38.4 Å². The second kappa shape index (κ2) is 6.28. The fourth-order valence-corrected chi connectivity index (χ4v) is 3.04. The third-order valence-electron chi connectivity index (χ3n) is 2.83. The second-order valence-electron chi connectivity index (χ2n) is 4.27. The summed E-state index contributed by atoms with van der Waals surface area (Å²) in [6.45, 7) is 0. The van der Waals surface area contributed by atoms with Crippen LogP contribution in [0.4, 0.5) is 5.69 Å². The van der Waals surface area contributed by atoms with Crippen molar-refractivity contribution >= 4 is 46.0 Å². The minimum absolute atomic E-state index is 0.0955. The molecule has 0 saturated carbocycles. The quantitative estimate of drug-likeness (QED) is 0.931. The Kier molecular flexibility index (Phi) is 4.67. The average molecular weight is 312 g/mol. The van der Waals surface area contributed by atoms with Gasteiger partial charge >= 0.3 is 0 Å². The molecule has 1 fully saturated rings. The van der Waals surface area contributed by atoms with Crippen molar-refractivity contribution < 1.29 is 9.59 Å². The van der Waals surface area contributed by atoms with E-state index in [1.807, 2.05) is 0 Å². The molecular formula is C13H14ClN3O2S. The molecule has 2 amide bonds. The van der Waals surface area contributed by atoms with Crippen LogP contribution < -0.4 is 5.32 Å². The second-order valence-corrected chi connectivity index (χ2v) is 5.88. The van der Waals surface area contributed by atoms with Crippen molar-refractivity contribution in [3.05, 3.63) is 29.3 Å². The first-order valence-electron chi connectivity index (χ1n) is 5.97. The zero-order valence-electron chi connectivity index (χ0n) is 11.1. The summed E-state index contributed by atoms with van der Waals surface area (Å²) in [6, 6.07) is 6.83. The number of hydrogen-bond donors (Lipinski definition) is 1. The maximum absolute atomic E-state index is 11.9. The SMILES string of the molecule is CN=C1SC(CC(=O)Nc2ccc(Cl)cc2)C(=O)N1C. The van der Waals surface area contributed by atoms with Crippen molar-refractivity contribution in [3.63, 3.8) is 0 Å². The lowest BCUT2D eigenvalue weighted by atomic mass is 10.2. The molecule has 1 N–H and O–H groups in total. The smallest absolute Gasteiger partial charge is 0.242 e. The van der Waals surface area contributed by atoms with Crippen LogP contribution in [0.15, 0.2) is 29.3 Å². The first-order valence-corrected chi connectivity index (χ1v) is 7.23. The van der Waals surface area contributed by atoms with E-state index in [0.29, 0.717) is 15.9 Å². The molecule has 5 nitrogen and oxygen atoms in total. The topological polar surface area (TPSA) is 61.8 Å². The summed E-state index contributed by atoms with van der Waals surface area (Å²) in [4.78, 5) is 29.4. The van der Waals surface area contributed by atoms with Crippen LogP contribution in [0.2, 0.25) is 5.02 Å². The van der Waals surface area contributed by atoms with Gasteiger partial charge in [-0.1, -0.05) is 23.4 Å². The van der Waals surface area contributed by atoms with E-state index in [9.17, 15) is 9.59 Å². The lowest BCUT2D eigenvalue weighted by Gasteiger charge is -2.09. The highest BCUT2D eigenvalue weighted by molar-refractivity contribution is 8.15. The number of benzene rings is 1. The van der Waals surface area contributed by atoms with E-state index in [1.165, 1.54) is 16.7 Å². The largest absolute Gasteiger partial charge is 0.326 e. The van der Waals surface area contributed by atoms with Crippen LogP contribution in [0.1, 0.15) is 6.42 Å². The average Bonchev–Trinajstić information content (AvgIpc) is 2.69. The molecule has 1 unspecified atom stereocenters. The van der Waals surface area contributed by atoms with Crippen molar-refractivity contribution in [2.75, 3.05) is 19.4 Å². The van der Waals surface area contributed by atoms with Crippen molar-refractivity contribution in [2.24, 2.45) is 4.99 Å². The van der Waals surface area contributed by atoms with Crippen LogP contribution in [0.3, 0.4) is 0 Å². The van der Waals surface area contributed by atoms with E-state index in [0.717, 1.165) is 0 Å². The van der Waals surface area contributed by atoms with E-state index in [-0.39, 0.29) is 18.2 Å². The number of halogens is 1. The van der Waals surface area contributed by atoms with Crippen molar-refractivity contribution in [3.8, 4) is 0 Å². The number of nitrogens with zero attached hydrogens (tertiary/aromatic N) is 2. The van der Waals surface area contributed by atoms with Crippen LogP contribution in [0.25, 0.3) is 0 Å². The molecule has 1 aromatic carbocycles. The van der Waals surface area contributed by atoms with Gasteiger partial charge in [0, 0.05) is 31.2 Å². The van der Waals surface area contributed by atoms with E-state index >= 15 is 0 Å². The van der Waals surface area contributed by atoms with Gasteiger partial charge in [-0.15, -0.1) is 0 Å². The Hall–Kier alpha value is -1.53. The molecule has 1 aliphatic heterocycles. The fraction of sp³-hybridized carbons (Fsp3) is 0.308.